The quantitative estimate of drug-likeness (QED) is 0.200. The van der Waals surface area contributed by atoms with E-state index in [1.807, 2.05) is 13.8 Å². The Kier molecular flexibility index (Phi) is 11.9. The fourth-order valence-corrected chi connectivity index (χ4v) is 7.39. The number of amides is 3. The van der Waals surface area contributed by atoms with E-state index in [1.165, 1.54) is 29.6 Å². The highest BCUT2D eigenvalue weighted by Gasteiger charge is 2.44. The molecular formula is C32H44N4O11S. The Labute approximate surface area is 280 Å². The number of nitrogens with zero attached hydrogens (tertiary/aromatic N) is 1. The molecule has 264 valence electrons. The molecule has 2 fully saturated rings. The Morgan fingerprint density at radius 2 is 1.83 bits per heavy atom. The molecule has 15 nitrogen and oxygen atoms in total. The zero-order valence-corrected chi connectivity index (χ0v) is 28.1. The third kappa shape index (κ3) is 8.99. The lowest BCUT2D eigenvalue weighted by atomic mass is 10.0. The number of fused-ring (bicyclic) bond motifs is 2. The second-order valence-electron chi connectivity index (χ2n) is 12.2. The van der Waals surface area contributed by atoms with Crippen LogP contribution < -0.4 is 30.2 Å². The van der Waals surface area contributed by atoms with Gasteiger partial charge in [0.05, 0.1) is 42.7 Å². The summed E-state index contributed by atoms with van der Waals surface area (Å²) in [5.74, 6) is 1.19. The maximum atomic E-state index is 13.9. The van der Waals surface area contributed by atoms with Crippen LogP contribution in [-0.2, 0) is 30.7 Å². The number of sulfonamides is 1. The third-order valence-corrected chi connectivity index (χ3v) is 10.0. The molecule has 5 rings (SSSR count). The molecule has 16 heteroatoms. The maximum Gasteiger partial charge on any atom is 0.407 e. The number of ether oxygens (including phenoxy) is 6. The Balaban J connectivity index is 1.30. The van der Waals surface area contributed by atoms with Gasteiger partial charge >= 0.3 is 12.1 Å². The number of benzene rings is 2. The first kappa shape index (κ1) is 35.5. The minimum Gasteiger partial charge on any atom is -0.492 e. The van der Waals surface area contributed by atoms with Crippen molar-refractivity contribution >= 4 is 22.1 Å². The van der Waals surface area contributed by atoms with E-state index in [0.29, 0.717) is 36.8 Å². The molecule has 0 spiro atoms. The fraction of sp³-hybridized carbons (Fsp3) is 0.562. The number of urea groups is 1. The topological polar surface area (TPSA) is 183 Å². The SMILES string of the molecule is CNC(=O)NCCOc1ccc(CC(NC(=O)OC2COC3OCCC23)C(O)CN(CC(C)C)S(=O)(=O)c2ccc3c(c2)OCO3)cc1. The molecule has 0 saturated carbocycles. The molecule has 3 aliphatic rings. The molecule has 48 heavy (non-hydrogen) atoms. The molecule has 5 unspecified atom stereocenters. The Morgan fingerprint density at radius 1 is 1.06 bits per heavy atom. The summed E-state index contributed by atoms with van der Waals surface area (Å²) in [6.07, 6.45) is -2.13. The maximum absolute atomic E-state index is 13.9. The molecule has 3 heterocycles. The van der Waals surface area contributed by atoms with Crippen LogP contribution in [0.15, 0.2) is 47.4 Å². The summed E-state index contributed by atoms with van der Waals surface area (Å²) in [6, 6.07) is 10.2. The van der Waals surface area contributed by atoms with E-state index in [4.69, 9.17) is 28.4 Å². The van der Waals surface area contributed by atoms with Gasteiger partial charge in [-0.15, -0.1) is 0 Å². The van der Waals surface area contributed by atoms with Crippen molar-refractivity contribution in [2.75, 3.05) is 53.3 Å². The van der Waals surface area contributed by atoms with E-state index in [1.54, 1.807) is 24.3 Å². The molecule has 0 aliphatic carbocycles. The summed E-state index contributed by atoms with van der Waals surface area (Å²) in [6.45, 7) is 4.86. The van der Waals surface area contributed by atoms with Crippen LogP contribution in [0.3, 0.4) is 0 Å². The van der Waals surface area contributed by atoms with Gasteiger partial charge in [-0.2, -0.15) is 4.31 Å². The molecule has 3 amide bonds. The van der Waals surface area contributed by atoms with Crippen LogP contribution in [-0.4, -0.2) is 108 Å². The first-order valence-corrected chi connectivity index (χ1v) is 17.4. The largest absolute Gasteiger partial charge is 0.492 e. The van der Waals surface area contributed by atoms with Crippen molar-refractivity contribution in [1.29, 1.82) is 0 Å². The van der Waals surface area contributed by atoms with Gasteiger partial charge in [0.2, 0.25) is 16.8 Å². The summed E-state index contributed by atoms with van der Waals surface area (Å²) in [5, 5.41) is 19.5. The van der Waals surface area contributed by atoms with E-state index in [9.17, 15) is 23.1 Å². The monoisotopic (exact) mass is 692 g/mol. The van der Waals surface area contributed by atoms with Crippen LogP contribution in [0.5, 0.6) is 17.2 Å². The van der Waals surface area contributed by atoms with Gasteiger partial charge in [0.1, 0.15) is 18.5 Å². The molecule has 4 N–H and O–H groups in total. The van der Waals surface area contributed by atoms with Crippen LogP contribution in [0.2, 0.25) is 0 Å². The number of hydrogen-bond donors (Lipinski definition) is 4. The lowest BCUT2D eigenvalue weighted by molar-refractivity contribution is -0.0907. The smallest absolute Gasteiger partial charge is 0.407 e. The van der Waals surface area contributed by atoms with Gasteiger partial charge in [0.25, 0.3) is 0 Å². The first-order chi connectivity index (χ1) is 23.0. The molecule has 2 aromatic rings. The van der Waals surface area contributed by atoms with Crippen molar-refractivity contribution in [2.45, 2.75) is 56.1 Å². The van der Waals surface area contributed by atoms with Gasteiger partial charge in [-0.05, 0) is 48.6 Å². The second-order valence-corrected chi connectivity index (χ2v) is 14.2. The number of aliphatic hydroxyl groups excluding tert-OH is 1. The summed E-state index contributed by atoms with van der Waals surface area (Å²) in [7, 11) is -2.56. The number of aliphatic hydroxyl groups is 1. The standard InChI is InChI=1S/C32H44N4O11S/c1-20(2)16-36(48(40,41)23-8-9-27-28(15-23)46-19-45-27)17-26(37)25(35-32(39)47-29-18-44-30-24(29)10-12-43-30)14-21-4-6-22(7-5-21)42-13-11-34-31(38)33-3/h4-9,15,20,24-26,29-30,37H,10-14,16-19H2,1-3H3,(H,35,39)(H2,33,34,38). The highest BCUT2D eigenvalue weighted by Crippen LogP contribution is 2.35. The van der Waals surface area contributed by atoms with Crippen molar-refractivity contribution in [1.82, 2.24) is 20.3 Å². The van der Waals surface area contributed by atoms with E-state index < -0.39 is 40.7 Å². The molecule has 5 atom stereocenters. The highest BCUT2D eigenvalue weighted by atomic mass is 32.2. The van der Waals surface area contributed by atoms with Crippen LogP contribution >= 0.6 is 0 Å². The fourth-order valence-electron chi connectivity index (χ4n) is 5.75. The predicted molar refractivity (Wildman–Crippen MR) is 171 cm³/mol. The van der Waals surface area contributed by atoms with Crippen molar-refractivity contribution in [2.24, 2.45) is 11.8 Å². The van der Waals surface area contributed by atoms with Crippen molar-refractivity contribution in [3.05, 3.63) is 48.0 Å². The van der Waals surface area contributed by atoms with E-state index in [-0.39, 0.29) is 62.3 Å². The average Bonchev–Trinajstić information content (AvgIpc) is 3.81. The number of carbonyl (C=O) groups excluding carboxylic acids is 2. The average molecular weight is 693 g/mol. The molecule has 0 aromatic heterocycles. The second kappa shape index (κ2) is 16.0. The zero-order chi connectivity index (χ0) is 34.3. The lowest BCUT2D eigenvalue weighted by Crippen LogP contribution is -2.51. The van der Waals surface area contributed by atoms with Crippen molar-refractivity contribution in [3.8, 4) is 17.2 Å². The normalized spacial score (nSPS) is 21.1. The van der Waals surface area contributed by atoms with Crippen LogP contribution in [0, 0.1) is 11.8 Å². The molecule has 0 bridgehead atoms. The van der Waals surface area contributed by atoms with Crippen molar-refractivity contribution in [3.63, 3.8) is 0 Å². The van der Waals surface area contributed by atoms with E-state index >= 15 is 0 Å². The van der Waals surface area contributed by atoms with Gasteiger partial charge in [0, 0.05) is 26.2 Å². The predicted octanol–water partition coefficient (Wildman–Crippen LogP) is 1.83. The van der Waals surface area contributed by atoms with Gasteiger partial charge in [-0.3, -0.25) is 0 Å². The van der Waals surface area contributed by atoms with Crippen LogP contribution in [0.25, 0.3) is 0 Å². The van der Waals surface area contributed by atoms with Crippen LogP contribution in [0.4, 0.5) is 9.59 Å². The summed E-state index contributed by atoms with van der Waals surface area (Å²) >= 11 is 0. The van der Waals surface area contributed by atoms with Gasteiger partial charge in [-0.1, -0.05) is 26.0 Å². The molecule has 2 aromatic carbocycles. The van der Waals surface area contributed by atoms with Crippen LogP contribution in [0.1, 0.15) is 25.8 Å². The number of hydrogen-bond acceptors (Lipinski definition) is 11. The van der Waals surface area contributed by atoms with Gasteiger partial charge in [0.15, 0.2) is 17.8 Å². The van der Waals surface area contributed by atoms with E-state index in [0.717, 1.165) is 5.56 Å². The number of carbonyl (C=O) groups is 2. The molecule has 3 aliphatic heterocycles. The van der Waals surface area contributed by atoms with Gasteiger partial charge < -0.3 is 49.5 Å². The summed E-state index contributed by atoms with van der Waals surface area (Å²) in [5.41, 5.74) is 0.748. The molecular weight excluding hydrogens is 648 g/mol. The van der Waals surface area contributed by atoms with Crippen molar-refractivity contribution < 1.29 is 51.5 Å². The Hall–Kier alpha value is -3.83. The Morgan fingerprint density at radius 3 is 2.58 bits per heavy atom. The lowest BCUT2D eigenvalue weighted by Gasteiger charge is -2.31. The van der Waals surface area contributed by atoms with Gasteiger partial charge in [-0.25, -0.2) is 18.0 Å². The number of rotatable bonds is 15. The molecule has 2 saturated heterocycles. The minimum atomic E-state index is -4.08. The minimum absolute atomic E-state index is 0.000108. The summed E-state index contributed by atoms with van der Waals surface area (Å²) < 4.78 is 62.2. The third-order valence-electron chi connectivity index (χ3n) is 8.21. The first-order valence-electron chi connectivity index (χ1n) is 16.0. The zero-order valence-electron chi connectivity index (χ0n) is 27.3. The number of nitrogens with one attached hydrogen (secondary N) is 3. The Bertz CT molecular complexity index is 1510. The number of alkyl carbamates (subject to hydrolysis) is 1. The highest BCUT2D eigenvalue weighted by molar-refractivity contribution is 7.89. The summed E-state index contributed by atoms with van der Waals surface area (Å²) in [4.78, 5) is 24.5. The molecule has 0 radical (unpaired) electrons. The van der Waals surface area contributed by atoms with E-state index in [2.05, 4.69) is 16.0 Å².